The van der Waals surface area contributed by atoms with Gasteiger partial charge in [0, 0.05) is 11.3 Å². The van der Waals surface area contributed by atoms with E-state index in [2.05, 4.69) is 5.32 Å². The smallest absolute Gasteiger partial charge is 0.321 e. The average molecular weight is 241 g/mol. The molecule has 2 N–H and O–H groups in total. The summed E-state index contributed by atoms with van der Waals surface area (Å²) in [5, 5.41) is 11.5. The highest BCUT2D eigenvalue weighted by Gasteiger charge is 2.31. The van der Waals surface area contributed by atoms with Crippen molar-refractivity contribution in [3.8, 4) is 0 Å². The quantitative estimate of drug-likeness (QED) is 0.830. The molecule has 2 rings (SSSR count). The lowest BCUT2D eigenvalue weighted by Gasteiger charge is -2.12. The molecule has 0 aliphatic carbocycles. The van der Waals surface area contributed by atoms with E-state index in [0.717, 1.165) is 5.56 Å². The van der Waals surface area contributed by atoms with Crippen molar-refractivity contribution in [3.63, 3.8) is 0 Å². The molecule has 1 saturated heterocycles. The third kappa shape index (κ3) is 2.20. The Labute approximate surface area is 97.0 Å². The zero-order valence-electron chi connectivity index (χ0n) is 8.74. The number of carboxylic acid groups (broad SMARTS) is 1. The second kappa shape index (κ2) is 4.43. The lowest BCUT2D eigenvalue weighted by atomic mass is 10.1. The molecule has 2 atom stereocenters. The van der Waals surface area contributed by atoms with E-state index in [-0.39, 0.29) is 11.2 Å². The summed E-state index contributed by atoms with van der Waals surface area (Å²) in [5.74, 6) is -0.711. The molecule has 1 heterocycles. The molecule has 0 aromatic heterocycles. The van der Waals surface area contributed by atoms with Gasteiger partial charge in [0.1, 0.15) is 11.9 Å². The van der Waals surface area contributed by atoms with Gasteiger partial charge in [-0.1, -0.05) is 17.7 Å². The average Bonchev–Trinajstić information content (AvgIpc) is 2.70. The van der Waals surface area contributed by atoms with E-state index in [1.165, 1.54) is 17.8 Å². The number of hydrogen-bond acceptors (Lipinski definition) is 3. The number of halogens is 1. The molecule has 1 fully saturated rings. The summed E-state index contributed by atoms with van der Waals surface area (Å²) >= 11 is 1.42. The van der Waals surface area contributed by atoms with Gasteiger partial charge in [-0.3, -0.25) is 10.1 Å². The number of rotatable bonds is 2. The van der Waals surface area contributed by atoms with Gasteiger partial charge < -0.3 is 5.11 Å². The van der Waals surface area contributed by atoms with Crippen LogP contribution in [0.5, 0.6) is 0 Å². The van der Waals surface area contributed by atoms with Crippen molar-refractivity contribution in [2.45, 2.75) is 18.3 Å². The Bertz CT molecular complexity index is 424. The Hall–Kier alpha value is -1.07. The maximum Gasteiger partial charge on any atom is 0.321 e. The largest absolute Gasteiger partial charge is 0.480 e. The van der Waals surface area contributed by atoms with Gasteiger partial charge in [-0.25, -0.2) is 4.39 Å². The van der Waals surface area contributed by atoms with Crippen LogP contribution in [-0.4, -0.2) is 22.9 Å². The minimum atomic E-state index is -0.886. The van der Waals surface area contributed by atoms with Gasteiger partial charge in [-0.05, 0) is 13.0 Å². The second-order valence-corrected chi connectivity index (χ2v) is 4.93. The van der Waals surface area contributed by atoms with Crippen LogP contribution < -0.4 is 5.32 Å². The maximum atomic E-state index is 13.5. The third-order valence-corrected chi connectivity index (χ3v) is 3.76. The summed E-state index contributed by atoms with van der Waals surface area (Å²) in [6.45, 7) is 1.89. The molecule has 1 aliphatic heterocycles. The van der Waals surface area contributed by atoms with Gasteiger partial charge in [0.05, 0.1) is 5.37 Å². The van der Waals surface area contributed by atoms with Gasteiger partial charge in [0.15, 0.2) is 0 Å². The van der Waals surface area contributed by atoms with E-state index in [1.807, 2.05) is 6.92 Å². The van der Waals surface area contributed by atoms with Crippen molar-refractivity contribution in [1.29, 1.82) is 0 Å². The van der Waals surface area contributed by atoms with Crippen LogP contribution in [0.2, 0.25) is 0 Å². The molecular weight excluding hydrogens is 229 g/mol. The first kappa shape index (κ1) is 11.4. The number of aliphatic carboxylic acids is 1. The summed E-state index contributed by atoms with van der Waals surface area (Å²) < 4.78 is 13.5. The molecule has 86 valence electrons. The number of carboxylic acids is 1. The van der Waals surface area contributed by atoms with Crippen molar-refractivity contribution in [1.82, 2.24) is 5.32 Å². The summed E-state index contributed by atoms with van der Waals surface area (Å²) in [6.07, 6.45) is 0. The number of hydrogen-bond donors (Lipinski definition) is 2. The molecule has 1 aliphatic rings. The summed E-state index contributed by atoms with van der Waals surface area (Å²) in [6, 6.07) is 4.29. The Kier molecular flexibility index (Phi) is 3.16. The minimum absolute atomic E-state index is 0.263. The van der Waals surface area contributed by atoms with Gasteiger partial charge in [-0.2, -0.15) is 0 Å². The molecule has 0 bridgehead atoms. The van der Waals surface area contributed by atoms with E-state index in [9.17, 15) is 9.18 Å². The molecule has 0 amide bonds. The van der Waals surface area contributed by atoms with Gasteiger partial charge in [0.2, 0.25) is 0 Å². The zero-order chi connectivity index (χ0) is 11.7. The Morgan fingerprint density at radius 1 is 1.62 bits per heavy atom. The lowest BCUT2D eigenvalue weighted by Crippen LogP contribution is -2.33. The monoisotopic (exact) mass is 241 g/mol. The molecule has 0 saturated carbocycles. The van der Waals surface area contributed by atoms with Crippen molar-refractivity contribution in [3.05, 3.63) is 35.1 Å². The van der Waals surface area contributed by atoms with Crippen molar-refractivity contribution in [2.24, 2.45) is 0 Å². The maximum absolute atomic E-state index is 13.5. The van der Waals surface area contributed by atoms with Crippen molar-refractivity contribution >= 4 is 17.7 Å². The summed E-state index contributed by atoms with van der Waals surface area (Å²) in [5.41, 5.74) is 1.51. The van der Waals surface area contributed by atoms with Crippen LogP contribution in [0.1, 0.15) is 16.5 Å². The highest BCUT2D eigenvalue weighted by molar-refractivity contribution is 7.99. The lowest BCUT2D eigenvalue weighted by molar-refractivity contribution is -0.138. The number of aryl methyl sites for hydroxylation is 1. The van der Waals surface area contributed by atoms with Crippen LogP contribution in [-0.2, 0) is 4.79 Å². The first-order valence-electron chi connectivity index (χ1n) is 4.94. The van der Waals surface area contributed by atoms with E-state index >= 15 is 0 Å². The first-order chi connectivity index (χ1) is 7.58. The van der Waals surface area contributed by atoms with Crippen LogP contribution in [0.4, 0.5) is 4.39 Å². The van der Waals surface area contributed by atoms with E-state index in [0.29, 0.717) is 11.3 Å². The van der Waals surface area contributed by atoms with Gasteiger partial charge in [0.25, 0.3) is 0 Å². The Morgan fingerprint density at radius 2 is 2.38 bits per heavy atom. The Morgan fingerprint density at radius 3 is 3.00 bits per heavy atom. The normalized spacial score (nSPS) is 24.6. The number of benzene rings is 1. The van der Waals surface area contributed by atoms with Crippen molar-refractivity contribution < 1.29 is 14.3 Å². The highest BCUT2D eigenvalue weighted by atomic mass is 32.2. The van der Waals surface area contributed by atoms with Crippen LogP contribution >= 0.6 is 11.8 Å². The predicted molar refractivity (Wildman–Crippen MR) is 60.9 cm³/mol. The summed E-state index contributed by atoms with van der Waals surface area (Å²) in [4.78, 5) is 10.8. The molecule has 1 unspecified atom stereocenters. The SMILES string of the molecule is Cc1ccc(F)c(C2N[C@H](C(=O)O)CS2)c1. The highest BCUT2D eigenvalue weighted by Crippen LogP contribution is 2.34. The minimum Gasteiger partial charge on any atom is -0.480 e. The van der Waals surface area contributed by atoms with Crippen molar-refractivity contribution in [2.75, 3.05) is 5.75 Å². The van der Waals surface area contributed by atoms with Crippen LogP contribution in [0, 0.1) is 12.7 Å². The Balaban J connectivity index is 2.20. The molecule has 0 radical (unpaired) electrons. The molecule has 1 aromatic rings. The number of carbonyl (C=O) groups is 1. The number of thioether (sulfide) groups is 1. The van der Waals surface area contributed by atoms with Gasteiger partial charge in [-0.15, -0.1) is 11.8 Å². The fourth-order valence-electron chi connectivity index (χ4n) is 1.66. The van der Waals surface area contributed by atoms with E-state index in [4.69, 9.17) is 5.11 Å². The predicted octanol–water partition coefficient (Wildman–Crippen LogP) is 1.92. The topological polar surface area (TPSA) is 49.3 Å². The van der Waals surface area contributed by atoms with Crippen LogP contribution in [0.25, 0.3) is 0 Å². The van der Waals surface area contributed by atoms with Gasteiger partial charge >= 0.3 is 5.97 Å². The van der Waals surface area contributed by atoms with E-state index < -0.39 is 12.0 Å². The molecule has 3 nitrogen and oxygen atoms in total. The molecular formula is C11H12FNO2S. The zero-order valence-corrected chi connectivity index (χ0v) is 9.55. The number of nitrogens with one attached hydrogen (secondary N) is 1. The third-order valence-electron chi connectivity index (χ3n) is 2.51. The van der Waals surface area contributed by atoms with Crippen LogP contribution in [0.15, 0.2) is 18.2 Å². The molecule has 1 aromatic carbocycles. The summed E-state index contributed by atoms with van der Waals surface area (Å²) in [7, 11) is 0. The van der Waals surface area contributed by atoms with Crippen LogP contribution in [0.3, 0.4) is 0 Å². The molecule has 5 heteroatoms. The molecule has 0 spiro atoms. The fourth-order valence-corrected chi connectivity index (χ4v) is 2.90. The standard InChI is InChI=1S/C11H12FNO2S/c1-6-2-3-8(12)7(4-6)10-13-9(5-16-10)11(14)15/h2-4,9-10,13H,5H2,1H3,(H,14,15)/t9-,10?/m0/s1. The van der Waals surface area contributed by atoms with E-state index in [1.54, 1.807) is 12.1 Å². The first-order valence-corrected chi connectivity index (χ1v) is 5.99. The fraction of sp³-hybridized carbons (Fsp3) is 0.364. The second-order valence-electron chi connectivity index (χ2n) is 3.80. The molecule has 16 heavy (non-hydrogen) atoms.